The van der Waals surface area contributed by atoms with Gasteiger partial charge in [0.15, 0.2) is 11.6 Å². The summed E-state index contributed by atoms with van der Waals surface area (Å²) < 4.78 is 0. The molecule has 4 nitrogen and oxygen atoms in total. The summed E-state index contributed by atoms with van der Waals surface area (Å²) in [7, 11) is 0. The van der Waals surface area contributed by atoms with Crippen LogP contribution in [0.15, 0.2) is 23.5 Å². The summed E-state index contributed by atoms with van der Waals surface area (Å²) in [5, 5.41) is 6.18. The standard InChI is InChI=1S/C12H20N2O2.Ni/c1-9(7-11(3)15)13-5-6-14-10(2)8-12(4)16;/h7-8,13-14H,5-6H2,1-4H3;/b9-7-,10-8-;. The second kappa shape index (κ2) is 10.1. The Kier molecular flexibility index (Phi) is 10.9. The average Bonchev–Trinajstić information content (AvgIpc) is 2.10. The average molecular weight is 283 g/mol. The number of carbonyl (C=O) groups is 2. The number of hydrogen-bond acceptors (Lipinski definition) is 4. The third-order valence-electron chi connectivity index (χ3n) is 1.77. The number of nitrogens with one attached hydrogen (secondary N) is 2. The van der Waals surface area contributed by atoms with Crippen molar-refractivity contribution in [2.45, 2.75) is 27.7 Å². The van der Waals surface area contributed by atoms with Crippen LogP contribution in [0.3, 0.4) is 0 Å². The summed E-state index contributed by atoms with van der Waals surface area (Å²) in [4.78, 5) is 21.5. The fourth-order valence-electron chi connectivity index (χ4n) is 1.23. The molecule has 0 saturated carbocycles. The molecular formula is C12H20N2NiO2. The van der Waals surface area contributed by atoms with Crippen LogP contribution >= 0.6 is 0 Å². The van der Waals surface area contributed by atoms with Crippen molar-refractivity contribution >= 4 is 11.6 Å². The molecule has 100 valence electrons. The van der Waals surface area contributed by atoms with Crippen LogP contribution in [0.4, 0.5) is 0 Å². The van der Waals surface area contributed by atoms with E-state index in [9.17, 15) is 9.59 Å². The Hall–Kier alpha value is -1.09. The van der Waals surface area contributed by atoms with E-state index in [-0.39, 0.29) is 28.1 Å². The van der Waals surface area contributed by atoms with E-state index in [1.54, 1.807) is 12.2 Å². The largest absolute Gasteiger partial charge is 0.387 e. The van der Waals surface area contributed by atoms with Gasteiger partial charge in [-0.3, -0.25) is 9.59 Å². The zero-order chi connectivity index (χ0) is 12.6. The topological polar surface area (TPSA) is 58.2 Å². The van der Waals surface area contributed by atoms with Gasteiger partial charge in [-0.05, 0) is 39.8 Å². The Labute approximate surface area is 113 Å². The monoisotopic (exact) mass is 282 g/mol. The van der Waals surface area contributed by atoms with Gasteiger partial charge < -0.3 is 10.6 Å². The van der Waals surface area contributed by atoms with E-state index in [0.29, 0.717) is 13.1 Å². The minimum absolute atomic E-state index is 0. The second-order valence-corrected chi connectivity index (χ2v) is 3.73. The molecule has 0 heterocycles. The van der Waals surface area contributed by atoms with Gasteiger partial charge >= 0.3 is 0 Å². The summed E-state index contributed by atoms with van der Waals surface area (Å²) in [6.07, 6.45) is 3.11. The molecule has 0 aromatic rings. The van der Waals surface area contributed by atoms with Gasteiger partial charge in [-0.15, -0.1) is 0 Å². The molecule has 0 aromatic carbocycles. The van der Waals surface area contributed by atoms with Gasteiger partial charge in [-0.2, -0.15) is 0 Å². The van der Waals surface area contributed by atoms with Crippen molar-refractivity contribution in [1.82, 2.24) is 10.6 Å². The van der Waals surface area contributed by atoms with E-state index in [2.05, 4.69) is 10.6 Å². The maximum absolute atomic E-state index is 10.7. The second-order valence-electron chi connectivity index (χ2n) is 3.73. The quantitative estimate of drug-likeness (QED) is 0.418. The van der Waals surface area contributed by atoms with E-state index in [1.165, 1.54) is 13.8 Å². The summed E-state index contributed by atoms with van der Waals surface area (Å²) in [5.74, 6) is 0.0660. The van der Waals surface area contributed by atoms with E-state index in [4.69, 9.17) is 0 Å². The predicted molar refractivity (Wildman–Crippen MR) is 64.9 cm³/mol. The summed E-state index contributed by atoms with van der Waals surface area (Å²) in [6.45, 7) is 8.14. The first kappa shape index (κ1) is 18.3. The Morgan fingerprint density at radius 3 is 1.35 bits per heavy atom. The molecule has 0 unspecified atom stereocenters. The van der Waals surface area contributed by atoms with Crippen LogP contribution in [0.1, 0.15) is 27.7 Å². The van der Waals surface area contributed by atoms with Gasteiger partial charge in [0.1, 0.15) is 0 Å². The van der Waals surface area contributed by atoms with Gasteiger partial charge in [0, 0.05) is 41.0 Å². The molecule has 0 atom stereocenters. The minimum atomic E-state index is 0. The summed E-state index contributed by atoms with van der Waals surface area (Å²) in [5.41, 5.74) is 1.70. The van der Waals surface area contributed by atoms with E-state index < -0.39 is 0 Å². The number of carbonyl (C=O) groups excluding carboxylic acids is 2. The maximum Gasteiger partial charge on any atom is 0.154 e. The number of ketones is 2. The van der Waals surface area contributed by atoms with E-state index in [1.807, 2.05) is 13.8 Å². The van der Waals surface area contributed by atoms with Crippen molar-refractivity contribution in [1.29, 1.82) is 0 Å². The molecule has 0 rings (SSSR count). The van der Waals surface area contributed by atoms with Crippen LogP contribution in [0.2, 0.25) is 0 Å². The molecule has 0 aliphatic heterocycles. The zero-order valence-electron chi connectivity index (χ0n) is 10.7. The van der Waals surface area contributed by atoms with Crippen molar-refractivity contribution in [2.24, 2.45) is 0 Å². The minimum Gasteiger partial charge on any atom is -0.387 e. The van der Waals surface area contributed by atoms with Crippen molar-refractivity contribution < 1.29 is 26.1 Å². The molecule has 0 radical (unpaired) electrons. The van der Waals surface area contributed by atoms with Crippen molar-refractivity contribution in [3.8, 4) is 0 Å². The van der Waals surface area contributed by atoms with Gasteiger partial charge in [0.05, 0.1) is 0 Å². The predicted octanol–water partition coefficient (Wildman–Crippen LogP) is 1.15. The van der Waals surface area contributed by atoms with Crippen LogP contribution in [0.25, 0.3) is 0 Å². The number of rotatable bonds is 7. The van der Waals surface area contributed by atoms with Gasteiger partial charge in [-0.25, -0.2) is 0 Å². The van der Waals surface area contributed by atoms with E-state index in [0.717, 1.165) is 11.4 Å². The van der Waals surface area contributed by atoms with Gasteiger partial charge in [0.25, 0.3) is 0 Å². The zero-order valence-corrected chi connectivity index (χ0v) is 11.7. The Morgan fingerprint density at radius 1 is 0.824 bits per heavy atom. The first-order valence-electron chi connectivity index (χ1n) is 5.27. The number of hydrogen-bond donors (Lipinski definition) is 2. The van der Waals surface area contributed by atoms with Crippen LogP contribution < -0.4 is 10.6 Å². The van der Waals surface area contributed by atoms with Gasteiger partial charge in [-0.1, -0.05) is 0 Å². The molecule has 0 saturated heterocycles. The molecule has 0 amide bonds. The maximum atomic E-state index is 10.7. The Balaban J connectivity index is 0. The van der Waals surface area contributed by atoms with Crippen molar-refractivity contribution in [2.75, 3.05) is 13.1 Å². The third-order valence-corrected chi connectivity index (χ3v) is 1.77. The molecule has 0 bridgehead atoms. The van der Waals surface area contributed by atoms with Crippen molar-refractivity contribution in [3.05, 3.63) is 23.5 Å². The SMILES string of the molecule is CC(=O)/C=C(/C)NCCN/C(C)=C\C(C)=O.[Ni]. The Morgan fingerprint density at radius 2 is 1.12 bits per heavy atom. The van der Waals surface area contributed by atoms with Gasteiger partial charge in [0.2, 0.25) is 0 Å². The molecule has 0 spiro atoms. The fourth-order valence-corrected chi connectivity index (χ4v) is 1.23. The molecule has 0 aliphatic rings. The smallest absolute Gasteiger partial charge is 0.154 e. The third kappa shape index (κ3) is 12.8. The van der Waals surface area contributed by atoms with Crippen LogP contribution in [0, 0.1) is 0 Å². The van der Waals surface area contributed by atoms with E-state index >= 15 is 0 Å². The van der Waals surface area contributed by atoms with Crippen LogP contribution in [-0.4, -0.2) is 24.7 Å². The molecule has 0 aliphatic carbocycles. The first-order chi connectivity index (χ1) is 7.41. The van der Waals surface area contributed by atoms with Crippen LogP contribution in [0.5, 0.6) is 0 Å². The summed E-state index contributed by atoms with van der Waals surface area (Å²) in [6, 6.07) is 0. The fraction of sp³-hybridized carbons (Fsp3) is 0.500. The molecule has 0 fully saturated rings. The summed E-state index contributed by atoms with van der Waals surface area (Å²) >= 11 is 0. The van der Waals surface area contributed by atoms with Crippen molar-refractivity contribution in [3.63, 3.8) is 0 Å². The molecule has 0 aromatic heterocycles. The van der Waals surface area contributed by atoms with Crippen LogP contribution in [-0.2, 0) is 26.1 Å². The molecular weight excluding hydrogens is 263 g/mol. The first-order valence-corrected chi connectivity index (χ1v) is 5.27. The molecule has 5 heteroatoms. The number of allylic oxidation sites excluding steroid dienone is 4. The normalized spacial score (nSPS) is 11.5. The molecule has 17 heavy (non-hydrogen) atoms. The Bertz CT molecular complexity index is 290. The molecule has 2 N–H and O–H groups in total.